The average molecular weight is 513 g/mol. The van der Waals surface area contributed by atoms with Gasteiger partial charge in [-0.05, 0) is 59.8 Å². The minimum absolute atomic E-state index is 0.0293. The third-order valence-corrected chi connectivity index (χ3v) is 6.59. The molecule has 1 N–H and O–H groups in total. The number of aliphatic carboxylic acids is 1. The van der Waals surface area contributed by atoms with E-state index < -0.39 is 5.97 Å². The van der Waals surface area contributed by atoms with E-state index in [1.54, 1.807) is 36.4 Å². The summed E-state index contributed by atoms with van der Waals surface area (Å²) in [5, 5.41) is 29.0. The summed E-state index contributed by atoms with van der Waals surface area (Å²) in [4.78, 5) is 12.1. The molecule has 0 atom stereocenters. The van der Waals surface area contributed by atoms with Crippen LogP contribution in [0.5, 0.6) is 0 Å². The van der Waals surface area contributed by atoms with Gasteiger partial charge in [0.05, 0.1) is 11.6 Å². The predicted octanol–water partition coefficient (Wildman–Crippen LogP) is 6.48. The van der Waals surface area contributed by atoms with Crippen LogP contribution in [0.25, 0.3) is 28.4 Å². The van der Waals surface area contributed by atoms with E-state index in [2.05, 4.69) is 16.3 Å². The Balaban J connectivity index is 1.48. The number of aromatic nitrogens is 3. The first-order chi connectivity index (χ1) is 17.5. The molecule has 36 heavy (non-hydrogen) atoms. The predicted molar refractivity (Wildman–Crippen MR) is 138 cm³/mol. The standard InChI is InChI=1S/C27H17ClN4O3S/c28-21-11-9-17(10-12-21)25-30-31-27(35-25)36-24(26(33)34)13-20-16-32(23-8-4-3-7-22(20)23)15-19-6-2-1-5-18(19)14-29/h1-13,16H,15H2,(H,33,34)/b24-13-. The van der Waals surface area contributed by atoms with E-state index in [0.29, 0.717) is 22.7 Å². The fourth-order valence-electron chi connectivity index (χ4n) is 3.80. The van der Waals surface area contributed by atoms with Crippen molar-refractivity contribution in [2.75, 3.05) is 0 Å². The summed E-state index contributed by atoms with van der Waals surface area (Å²) < 4.78 is 7.69. The molecule has 9 heteroatoms. The van der Waals surface area contributed by atoms with Gasteiger partial charge in [-0.2, -0.15) is 5.26 Å². The van der Waals surface area contributed by atoms with Gasteiger partial charge >= 0.3 is 5.97 Å². The van der Waals surface area contributed by atoms with Gasteiger partial charge in [0.2, 0.25) is 5.89 Å². The van der Waals surface area contributed by atoms with Crippen molar-refractivity contribution in [2.45, 2.75) is 11.8 Å². The van der Waals surface area contributed by atoms with Gasteiger partial charge in [-0.15, -0.1) is 10.2 Å². The Labute approximate surface area is 215 Å². The van der Waals surface area contributed by atoms with Crippen LogP contribution in [0.3, 0.4) is 0 Å². The monoisotopic (exact) mass is 512 g/mol. The number of nitriles is 1. The number of thioether (sulfide) groups is 1. The second-order valence-corrected chi connectivity index (χ2v) is 9.22. The van der Waals surface area contributed by atoms with Crippen LogP contribution in [-0.2, 0) is 11.3 Å². The summed E-state index contributed by atoms with van der Waals surface area (Å²) in [6.07, 6.45) is 3.48. The number of fused-ring (bicyclic) bond motifs is 1. The molecule has 2 heterocycles. The minimum Gasteiger partial charge on any atom is -0.477 e. The second-order valence-electron chi connectivity index (χ2n) is 7.79. The van der Waals surface area contributed by atoms with E-state index in [9.17, 15) is 15.2 Å². The molecule has 0 unspecified atom stereocenters. The number of hydrogen-bond donors (Lipinski definition) is 1. The van der Waals surface area contributed by atoms with Gasteiger partial charge in [0.1, 0.15) is 4.91 Å². The first-order valence-corrected chi connectivity index (χ1v) is 12.0. The van der Waals surface area contributed by atoms with Crippen LogP contribution in [0.2, 0.25) is 5.02 Å². The number of rotatable bonds is 7. The third kappa shape index (κ3) is 4.89. The van der Waals surface area contributed by atoms with Crippen LogP contribution in [0.1, 0.15) is 16.7 Å². The number of carboxylic acid groups (broad SMARTS) is 1. The maximum absolute atomic E-state index is 12.1. The zero-order valence-corrected chi connectivity index (χ0v) is 20.2. The molecule has 0 saturated heterocycles. The van der Waals surface area contributed by atoms with E-state index >= 15 is 0 Å². The van der Waals surface area contributed by atoms with Crippen LogP contribution in [0, 0.1) is 11.3 Å². The Hall–Kier alpha value is -4.32. The summed E-state index contributed by atoms with van der Waals surface area (Å²) in [5.41, 5.74) is 3.81. The van der Waals surface area contributed by atoms with Crippen LogP contribution < -0.4 is 0 Å². The van der Waals surface area contributed by atoms with Crippen molar-refractivity contribution in [1.29, 1.82) is 5.26 Å². The van der Waals surface area contributed by atoms with E-state index in [4.69, 9.17) is 16.0 Å². The molecule has 0 fully saturated rings. The van der Waals surface area contributed by atoms with Crippen molar-refractivity contribution in [3.63, 3.8) is 0 Å². The number of nitrogens with zero attached hydrogens (tertiary/aromatic N) is 4. The SMILES string of the molecule is N#Cc1ccccc1Cn1cc(/C=C(\Sc2nnc(-c3ccc(Cl)cc3)o2)C(=O)O)c2ccccc21. The van der Waals surface area contributed by atoms with Crippen LogP contribution in [-0.4, -0.2) is 25.8 Å². The topological polar surface area (TPSA) is 105 Å². The summed E-state index contributed by atoms with van der Waals surface area (Å²) >= 11 is 6.81. The summed E-state index contributed by atoms with van der Waals surface area (Å²) in [6.45, 7) is 0.474. The van der Waals surface area contributed by atoms with Gasteiger partial charge in [0.25, 0.3) is 5.22 Å². The lowest BCUT2D eigenvalue weighted by atomic mass is 10.1. The van der Waals surface area contributed by atoms with Gasteiger partial charge in [-0.1, -0.05) is 48.0 Å². The Bertz CT molecular complexity index is 1650. The van der Waals surface area contributed by atoms with Crippen LogP contribution >= 0.6 is 23.4 Å². The first-order valence-electron chi connectivity index (χ1n) is 10.8. The Morgan fingerprint density at radius 3 is 2.61 bits per heavy atom. The molecule has 0 aliphatic rings. The van der Waals surface area contributed by atoms with E-state index in [1.165, 1.54) is 0 Å². The number of hydrogen-bond acceptors (Lipinski definition) is 6. The van der Waals surface area contributed by atoms with E-state index in [0.717, 1.165) is 33.8 Å². The highest BCUT2D eigenvalue weighted by Gasteiger charge is 2.18. The number of halogens is 1. The van der Waals surface area contributed by atoms with Gasteiger partial charge in [-0.3, -0.25) is 0 Å². The maximum atomic E-state index is 12.1. The van der Waals surface area contributed by atoms with Crippen molar-refractivity contribution in [3.8, 4) is 17.5 Å². The molecule has 0 radical (unpaired) electrons. The average Bonchev–Trinajstić information content (AvgIpc) is 3.49. The lowest BCUT2D eigenvalue weighted by molar-refractivity contribution is -0.131. The zero-order chi connectivity index (χ0) is 25.1. The quantitative estimate of drug-likeness (QED) is 0.196. The molecule has 3 aromatic carbocycles. The molecule has 176 valence electrons. The molecule has 0 bridgehead atoms. The van der Waals surface area contributed by atoms with E-state index in [1.807, 2.05) is 53.2 Å². The smallest absolute Gasteiger partial charge is 0.342 e. The van der Waals surface area contributed by atoms with Crippen molar-refractivity contribution in [2.24, 2.45) is 0 Å². The third-order valence-electron chi connectivity index (χ3n) is 5.49. The summed E-state index contributed by atoms with van der Waals surface area (Å²) in [7, 11) is 0. The molecule has 2 aromatic heterocycles. The second kappa shape index (κ2) is 10.1. The zero-order valence-electron chi connectivity index (χ0n) is 18.6. The number of carboxylic acids is 1. The Kier molecular flexibility index (Phi) is 6.58. The summed E-state index contributed by atoms with van der Waals surface area (Å²) in [5.74, 6) is -0.843. The fourth-order valence-corrected chi connectivity index (χ4v) is 4.59. The molecule has 0 amide bonds. The lowest BCUT2D eigenvalue weighted by Gasteiger charge is -2.07. The fraction of sp³-hybridized carbons (Fsp3) is 0.0370. The molecule has 7 nitrogen and oxygen atoms in total. The van der Waals surface area contributed by atoms with Gasteiger partial charge in [-0.25, -0.2) is 4.79 Å². The molecule has 0 saturated carbocycles. The van der Waals surface area contributed by atoms with E-state index in [-0.39, 0.29) is 16.0 Å². The summed E-state index contributed by atoms with van der Waals surface area (Å²) in [6, 6.07) is 24.3. The van der Waals surface area contributed by atoms with Crippen molar-refractivity contribution in [3.05, 3.63) is 106 Å². The normalized spacial score (nSPS) is 11.5. The highest BCUT2D eigenvalue weighted by Crippen LogP contribution is 2.32. The maximum Gasteiger partial charge on any atom is 0.342 e. The van der Waals surface area contributed by atoms with Crippen molar-refractivity contribution >= 4 is 46.3 Å². The number of benzene rings is 3. The molecule has 5 rings (SSSR count). The molecular formula is C27H17ClN4O3S. The van der Waals surface area contributed by atoms with Crippen LogP contribution in [0.15, 0.2) is 93.5 Å². The Morgan fingerprint density at radius 1 is 1.08 bits per heavy atom. The molecule has 0 spiro atoms. The van der Waals surface area contributed by atoms with Crippen LogP contribution in [0.4, 0.5) is 0 Å². The molecular weight excluding hydrogens is 496 g/mol. The molecule has 5 aromatic rings. The van der Waals surface area contributed by atoms with Gasteiger partial charge in [0.15, 0.2) is 0 Å². The highest BCUT2D eigenvalue weighted by atomic mass is 35.5. The largest absolute Gasteiger partial charge is 0.477 e. The Morgan fingerprint density at radius 2 is 1.83 bits per heavy atom. The lowest BCUT2D eigenvalue weighted by Crippen LogP contribution is -2.00. The van der Waals surface area contributed by atoms with Gasteiger partial charge < -0.3 is 14.1 Å². The van der Waals surface area contributed by atoms with Crippen molar-refractivity contribution in [1.82, 2.24) is 14.8 Å². The molecule has 0 aliphatic heterocycles. The minimum atomic E-state index is -1.11. The highest BCUT2D eigenvalue weighted by molar-refractivity contribution is 8.03. The van der Waals surface area contributed by atoms with Gasteiger partial charge in [0, 0.05) is 39.8 Å². The number of para-hydroxylation sites is 1. The first kappa shape index (κ1) is 23.4. The van der Waals surface area contributed by atoms with Crippen molar-refractivity contribution < 1.29 is 14.3 Å². The number of carbonyl (C=O) groups is 1. The molecule has 0 aliphatic carbocycles.